The van der Waals surface area contributed by atoms with E-state index in [4.69, 9.17) is 4.74 Å². The Morgan fingerprint density at radius 2 is 1.79 bits per heavy atom. The van der Waals surface area contributed by atoms with Crippen molar-refractivity contribution in [2.75, 3.05) is 19.5 Å². The van der Waals surface area contributed by atoms with Gasteiger partial charge in [-0.05, 0) is 51.2 Å². The molecule has 0 aromatic carbocycles. The van der Waals surface area contributed by atoms with Crippen LogP contribution in [0.25, 0.3) is 0 Å². The van der Waals surface area contributed by atoms with Crippen molar-refractivity contribution in [3.05, 3.63) is 0 Å². The van der Waals surface area contributed by atoms with E-state index in [1.54, 1.807) is 0 Å². The first-order valence-corrected chi connectivity index (χ1v) is 11.9. The standard InChI is InChI=1S/C15H31O2PS/c1-7-17-14(16)12-8-10-13(11-9-12)18(5)19(6)15(2,3)4/h12-13,18H,7-11H2,1-6H3. The van der Waals surface area contributed by atoms with Crippen molar-refractivity contribution in [1.82, 2.24) is 0 Å². The van der Waals surface area contributed by atoms with Gasteiger partial charge in [-0.3, -0.25) is 4.79 Å². The number of carbonyl (C=O) groups is 1. The van der Waals surface area contributed by atoms with E-state index in [1.165, 1.54) is 12.8 Å². The summed E-state index contributed by atoms with van der Waals surface area (Å²) in [6.45, 7) is 11.7. The molecule has 0 bridgehead atoms. The fourth-order valence-corrected chi connectivity index (χ4v) is 10.4. The maximum atomic E-state index is 11.8. The van der Waals surface area contributed by atoms with Crippen molar-refractivity contribution < 1.29 is 9.53 Å². The zero-order valence-corrected chi connectivity index (χ0v) is 15.2. The molecule has 0 amide bonds. The highest BCUT2D eigenvalue weighted by atomic mass is 32.5. The molecule has 1 rings (SSSR count). The Balaban J connectivity index is 2.62. The summed E-state index contributed by atoms with van der Waals surface area (Å²) in [5.74, 6) is 0.219. The van der Waals surface area contributed by atoms with E-state index in [1.807, 2.05) is 6.92 Å². The molecular weight excluding hydrogens is 275 g/mol. The normalized spacial score (nSPS) is 27.7. The lowest BCUT2D eigenvalue weighted by Crippen LogP contribution is -2.26. The second kappa shape index (κ2) is 7.31. The Bertz CT molecular complexity index is 350. The molecule has 0 aliphatic heterocycles. The van der Waals surface area contributed by atoms with Crippen molar-refractivity contribution in [1.29, 1.82) is 0 Å². The van der Waals surface area contributed by atoms with Gasteiger partial charge in [0.25, 0.3) is 0 Å². The third kappa shape index (κ3) is 4.93. The minimum absolute atomic E-state index is 0.0390. The first kappa shape index (κ1) is 17.3. The zero-order valence-electron chi connectivity index (χ0n) is 13.4. The molecule has 1 saturated carbocycles. The van der Waals surface area contributed by atoms with Gasteiger partial charge in [0, 0.05) is 4.75 Å². The van der Waals surface area contributed by atoms with E-state index in [0.717, 1.165) is 18.5 Å². The molecule has 0 aromatic rings. The molecular formula is C15H31O2PS. The first-order valence-electron chi connectivity index (χ1n) is 7.43. The molecule has 2 nitrogen and oxygen atoms in total. The molecule has 1 fully saturated rings. The van der Waals surface area contributed by atoms with Gasteiger partial charge in [-0.15, -0.1) is 0 Å². The second-order valence-corrected chi connectivity index (χ2v) is 14.6. The van der Waals surface area contributed by atoms with Crippen molar-refractivity contribution >= 4 is 22.7 Å². The van der Waals surface area contributed by atoms with E-state index in [9.17, 15) is 4.79 Å². The summed E-state index contributed by atoms with van der Waals surface area (Å²) in [5.41, 5.74) is 0.892. The van der Waals surface area contributed by atoms with Gasteiger partial charge >= 0.3 is 5.97 Å². The Labute approximate surface area is 122 Å². The monoisotopic (exact) mass is 306 g/mol. The van der Waals surface area contributed by atoms with Crippen LogP contribution in [0.1, 0.15) is 53.4 Å². The van der Waals surface area contributed by atoms with Gasteiger partial charge in [0.15, 0.2) is 0 Å². The van der Waals surface area contributed by atoms with E-state index >= 15 is 0 Å². The second-order valence-electron chi connectivity index (χ2n) is 6.53. The zero-order chi connectivity index (χ0) is 14.6. The molecule has 0 radical (unpaired) electrons. The van der Waals surface area contributed by atoms with Crippen LogP contribution in [-0.4, -0.2) is 35.9 Å². The van der Waals surface area contributed by atoms with Gasteiger partial charge in [-0.2, -0.15) is 10.1 Å². The van der Waals surface area contributed by atoms with Crippen LogP contribution in [0.15, 0.2) is 0 Å². The molecule has 19 heavy (non-hydrogen) atoms. The van der Waals surface area contributed by atoms with Crippen LogP contribution in [0.4, 0.5) is 0 Å². The summed E-state index contributed by atoms with van der Waals surface area (Å²) in [7, 11) is 0.531. The Kier molecular flexibility index (Phi) is 6.66. The van der Waals surface area contributed by atoms with E-state index < -0.39 is 0 Å². The average Bonchev–Trinajstić information content (AvgIpc) is 2.36. The lowest BCUT2D eigenvalue weighted by Gasteiger charge is -2.33. The predicted molar refractivity (Wildman–Crippen MR) is 89.7 cm³/mol. The molecule has 0 saturated heterocycles. The summed E-state index contributed by atoms with van der Waals surface area (Å²) < 4.78 is 5.60. The largest absolute Gasteiger partial charge is 0.466 e. The molecule has 0 spiro atoms. The summed E-state index contributed by atoms with van der Waals surface area (Å²) >= 11 is 0. The maximum Gasteiger partial charge on any atom is 0.308 e. The number of hydrogen-bond donors (Lipinski definition) is 0. The maximum absolute atomic E-state index is 11.8. The number of ether oxygens (including phenoxy) is 1. The molecule has 0 N–H and O–H groups in total. The summed E-state index contributed by atoms with van der Waals surface area (Å²) in [5, 5.41) is 0. The third-order valence-electron chi connectivity index (χ3n) is 4.32. The van der Waals surface area contributed by atoms with Crippen LogP contribution >= 0.6 is 6.70 Å². The minimum atomic E-state index is -0.310. The van der Waals surface area contributed by atoms with Crippen LogP contribution in [-0.2, 0) is 19.6 Å². The summed E-state index contributed by atoms with van der Waals surface area (Å²) in [6, 6.07) is 0. The molecule has 4 heteroatoms. The van der Waals surface area contributed by atoms with Crippen LogP contribution < -0.4 is 0 Å². The number of carbonyl (C=O) groups excluding carboxylic acids is 1. The average molecular weight is 306 g/mol. The van der Waals surface area contributed by atoms with Gasteiger partial charge in [0.05, 0.1) is 12.5 Å². The SMILES string of the molecule is CCOC(=O)C1CCC(/[PH](C)=S(\C)C(C)(C)C)CC1. The highest BCUT2D eigenvalue weighted by molar-refractivity contribution is 8.26. The topological polar surface area (TPSA) is 26.3 Å². The lowest BCUT2D eigenvalue weighted by molar-refractivity contribution is -0.149. The van der Waals surface area contributed by atoms with E-state index in [0.29, 0.717) is 21.4 Å². The predicted octanol–water partition coefficient (Wildman–Crippen LogP) is 3.91. The van der Waals surface area contributed by atoms with Crippen LogP contribution in [0.3, 0.4) is 0 Å². The fourth-order valence-electron chi connectivity index (χ4n) is 2.73. The Morgan fingerprint density at radius 1 is 1.26 bits per heavy atom. The van der Waals surface area contributed by atoms with Crippen molar-refractivity contribution in [3.8, 4) is 0 Å². The van der Waals surface area contributed by atoms with Gasteiger partial charge < -0.3 is 4.74 Å². The van der Waals surface area contributed by atoms with Crippen molar-refractivity contribution in [2.24, 2.45) is 5.92 Å². The van der Waals surface area contributed by atoms with Crippen molar-refractivity contribution in [2.45, 2.75) is 63.8 Å². The van der Waals surface area contributed by atoms with Gasteiger partial charge in [-0.1, -0.05) is 27.5 Å². The van der Waals surface area contributed by atoms with E-state index in [-0.39, 0.29) is 18.6 Å². The minimum Gasteiger partial charge on any atom is -0.466 e. The molecule has 1 aliphatic rings. The smallest absolute Gasteiger partial charge is 0.308 e. The number of hydrogen-bond acceptors (Lipinski definition) is 2. The van der Waals surface area contributed by atoms with Crippen LogP contribution in [0.2, 0.25) is 0 Å². The Hall–Kier alpha value is 0.250. The summed E-state index contributed by atoms with van der Waals surface area (Å²) in [6.07, 6.45) is 7.02. The van der Waals surface area contributed by atoms with Crippen LogP contribution in [0.5, 0.6) is 0 Å². The first-order chi connectivity index (χ1) is 8.77. The molecule has 0 heterocycles. The van der Waals surface area contributed by atoms with Crippen LogP contribution in [0, 0.1) is 5.92 Å². The molecule has 2 atom stereocenters. The fraction of sp³-hybridized carbons (Fsp3) is 0.933. The third-order valence-corrected chi connectivity index (χ3v) is 14.6. The Morgan fingerprint density at radius 3 is 2.21 bits per heavy atom. The molecule has 114 valence electrons. The number of esters is 1. The molecule has 0 aromatic heterocycles. The molecule has 2 unspecified atom stereocenters. The molecule has 1 aliphatic carbocycles. The highest BCUT2D eigenvalue weighted by Crippen LogP contribution is 2.43. The number of rotatable bonds is 3. The lowest BCUT2D eigenvalue weighted by atomic mass is 9.89. The van der Waals surface area contributed by atoms with Crippen molar-refractivity contribution in [3.63, 3.8) is 0 Å². The van der Waals surface area contributed by atoms with Gasteiger partial charge in [0.2, 0.25) is 0 Å². The highest BCUT2D eigenvalue weighted by Gasteiger charge is 2.28. The van der Waals surface area contributed by atoms with Gasteiger partial charge in [-0.25, -0.2) is 0 Å². The summed E-state index contributed by atoms with van der Waals surface area (Å²) in [4.78, 5) is 11.8. The quantitative estimate of drug-likeness (QED) is 0.583. The van der Waals surface area contributed by atoms with Gasteiger partial charge in [0.1, 0.15) is 0 Å². The van der Waals surface area contributed by atoms with E-state index in [2.05, 4.69) is 33.7 Å².